The molecule has 1 aromatic heterocycles. The molecule has 0 unspecified atom stereocenters. The largest absolute Gasteiger partial charge is 0.508 e. The number of phenolic OH excluding ortho intramolecular Hbond substituents is 1. The maximum Gasteiger partial charge on any atom is 0.259 e. The van der Waals surface area contributed by atoms with Gasteiger partial charge in [-0.1, -0.05) is 54.6 Å². The first-order valence-electron chi connectivity index (χ1n) is 8.94. The second kappa shape index (κ2) is 7.40. The Labute approximate surface area is 162 Å². The van der Waals surface area contributed by atoms with Gasteiger partial charge in [-0.25, -0.2) is 4.68 Å². The molecule has 1 amide bonds. The molecule has 5 nitrogen and oxygen atoms in total. The Hall–Kier alpha value is -3.86. The quantitative estimate of drug-likeness (QED) is 0.543. The first-order valence-corrected chi connectivity index (χ1v) is 8.94. The Balaban J connectivity index is 1.82. The molecule has 1 heterocycles. The summed E-state index contributed by atoms with van der Waals surface area (Å²) in [4.78, 5) is 13.1. The number of rotatable bonds is 4. The maximum absolute atomic E-state index is 13.1. The van der Waals surface area contributed by atoms with Gasteiger partial charge >= 0.3 is 0 Å². The van der Waals surface area contributed by atoms with Crippen LogP contribution >= 0.6 is 0 Å². The van der Waals surface area contributed by atoms with E-state index in [0.29, 0.717) is 16.9 Å². The van der Waals surface area contributed by atoms with E-state index in [0.717, 1.165) is 16.9 Å². The fraction of sp³-hybridized carbons (Fsp3) is 0.0435. The van der Waals surface area contributed by atoms with Gasteiger partial charge in [-0.05, 0) is 31.2 Å². The minimum Gasteiger partial charge on any atom is -0.508 e. The Morgan fingerprint density at radius 1 is 0.929 bits per heavy atom. The minimum absolute atomic E-state index is 0.0952. The zero-order valence-electron chi connectivity index (χ0n) is 15.3. The van der Waals surface area contributed by atoms with Crippen molar-refractivity contribution in [2.45, 2.75) is 6.92 Å². The average molecular weight is 369 g/mol. The van der Waals surface area contributed by atoms with Gasteiger partial charge in [-0.15, -0.1) is 0 Å². The Kier molecular flexibility index (Phi) is 4.64. The third kappa shape index (κ3) is 3.38. The fourth-order valence-electron chi connectivity index (χ4n) is 3.17. The van der Waals surface area contributed by atoms with Gasteiger partial charge in [0.1, 0.15) is 11.4 Å². The summed E-state index contributed by atoms with van der Waals surface area (Å²) in [5.74, 6) is -0.179. The Morgan fingerprint density at radius 2 is 1.61 bits per heavy atom. The van der Waals surface area contributed by atoms with Crippen LogP contribution in [-0.2, 0) is 0 Å². The number of hydrogen-bond acceptors (Lipinski definition) is 3. The van der Waals surface area contributed by atoms with Gasteiger partial charge in [0.15, 0.2) is 0 Å². The summed E-state index contributed by atoms with van der Waals surface area (Å²) in [5.41, 5.74) is 4.12. The van der Waals surface area contributed by atoms with Gasteiger partial charge in [0.05, 0.1) is 16.9 Å². The van der Waals surface area contributed by atoms with Crippen molar-refractivity contribution in [2.75, 3.05) is 5.32 Å². The van der Waals surface area contributed by atoms with Gasteiger partial charge in [-0.3, -0.25) is 4.79 Å². The van der Waals surface area contributed by atoms with Crippen LogP contribution < -0.4 is 5.32 Å². The molecule has 0 aliphatic rings. The molecule has 0 aliphatic carbocycles. The lowest BCUT2D eigenvalue weighted by atomic mass is 10.1. The fourth-order valence-corrected chi connectivity index (χ4v) is 3.17. The summed E-state index contributed by atoms with van der Waals surface area (Å²) >= 11 is 0. The molecule has 0 radical (unpaired) electrons. The number of hydrogen-bond donors (Lipinski definition) is 2. The number of carbonyl (C=O) groups is 1. The van der Waals surface area contributed by atoms with Crippen LogP contribution in [0.15, 0.2) is 84.9 Å². The summed E-state index contributed by atoms with van der Waals surface area (Å²) in [6.07, 6.45) is 0. The Bertz CT molecular complexity index is 1120. The molecule has 28 heavy (non-hydrogen) atoms. The van der Waals surface area contributed by atoms with Crippen LogP contribution in [0.3, 0.4) is 0 Å². The smallest absolute Gasteiger partial charge is 0.259 e. The first-order chi connectivity index (χ1) is 13.6. The SMILES string of the molecule is Cc1c(C(=O)Nc2cccc(O)c2)c(-c2ccccc2)nn1-c1ccccc1. The molecule has 5 heteroatoms. The van der Waals surface area contributed by atoms with Crippen molar-refractivity contribution >= 4 is 11.6 Å². The lowest BCUT2D eigenvalue weighted by Gasteiger charge is -2.08. The molecule has 0 bridgehead atoms. The molecular weight excluding hydrogens is 350 g/mol. The molecule has 138 valence electrons. The third-order valence-corrected chi connectivity index (χ3v) is 4.50. The van der Waals surface area contributed by atoms with Crippen LogP contribution in [0, 0.1) is 6.92 Å². The second-order valence-electron chi connectivity index (χ2n) is 6.43. The highest BCUT2D eigenvalue weighted by Gasteiger charge is 2.23. The number of nitrogens with zero attached hydrogens (tertiary/aromatic N) is 2. The zero-order valence-corrected chi connectivity index (χ0v) is 15.3. The summed E-state index contributed by atoms with van der Waals surface area (Å²) in [7, 11) is 0. The highest BCUT2D eigenvalue weighted by Crippen LogP contribution is 2.28. The molecule has 4 aromatic rings. The molecule has 0 atom stereocenters. The van der Waals surface area contributed by atoms with E-state index in [-0.39, 0.29) is 11.7 Å². The number of amides is 1. The highest BCUT2D eigenvalue weighted by molar-refractivity contribution is 6.09. The summed E-state index contributed by atoms with van der Waals surface area (Å²) in [6.45, 7) is 1.88. The molecule has 3 aromatic carbocycles. The number of para-hydroxylation sites is 1. The molecule has 0 spiro atoms. The molecule has 4 rings (SSSR count). The summed E-state index contributed by atoms with van der Waals surface area (Å²) in [6, 6.07) is 25.8. The minimum atomic E-state index is -0.274. The van der Waals surface area contributed by atoms with Gasteiger partial charge in [0, 0.05) is 17.3 Å². The standard InChI is InChI=1S/C23H19N3O2/c1-16-21(23(28)24-18-11-8-14-20(27)15-18)22(17-9-4-2-5-10-17)25-26(16)19-12-6-3-7-13-19/h2-15,27H,1H3,(H,24,28). The van der Waals surface area contributed by atoms with Crippen LogP contribution in [0.2, 0.25) is 0 Å². The Morgan fingerprint density at radius 3 is 2.29 bits per heavy atom. The monoisotopic (exact) mass is 369 g/mol. The second-order valence-corrected chi connectivity index (χ2v) is 6.43. The highest BCUT2D eigenvalue weighted by atomic mass is 16.3. The number of carbonyl (C=O) groups excluding carboxylic acids is 1. The van der Waals surface area contributed by atoms with Gasteiger partial charge in [0.2, 0.25) is 0 Å². The molecule has 0 saturated carbocycles. The van der Waals surface area contributed by atoms with Crippen molar-refractivity contribution in [3.8, 4) is 22.7 Å². The van der Waals surface area contributed by atoms with E-state index in [2.05, 4.69) is 5.32 Å². The summed E-state index contributed by atoms with van der Waals surface area (Å²) < 4.78 is 1.78. The van der Waals surface area contributed by atoms with E-state index in [1.165, 1.54) is 6.07 Å². The number of phenols is 1. The van der Waals surface area contributed by atoms with Crippen molar-refractivity contribution in [3.63, 3.8) is 0 Å². The van der Waals surface area contributed by atoms with Crippen molar-refractivity contribution in [3.05, 3.63) is 96.2 Å². The van der Waals surface area contributed by atoms with E-state index in [4.69, 9.17) is 5.10 Å². The zero-order chi connectivity index (χ0) is 19.5. The maximum atomic E-state index is 13.1. The van der Waals surface area contributed by atoms with Gasteiger partial charge < -0.3 is 10.4 Å². The van der Waals surface area contributed by atoms with Crippen molar-refractivity contribution in [1.29, 1.82) is 0 Å². The molecule has 0 aliphatic heterocycles. The van der Waals surface area contributed by atoms with Gasteiger partial charge in [-0.2, -0.15) is 5.10 Å². The van der Waals surface area contributed by atoms with E-state index in [1.807, 2.05) is 67.6 Å². The van der Waals surface area contributed by atoms with Gasteiger partial charge in [0.25, 0.3) is 5.91 Å². The van der Waals surface area contributed by atoms with Crippen LogP contribution in [0.1, 0.15) is 16.1 Å². The van der Waals surface area contributed by atoms with Crippen LogP contribution in [-0.4, -0.2) is 20.8 Å². The van der Waals surface area contributed by atoms with Crippen LogP contribution in [0.5, 0.6) is 5.75 Å². The van der Waals surface area contributed by atoms with E-state index in [9.17, 15) is 9.90 Å². The molecule has 0 saturated heterocycles. The lowest BCUT2D eigenvalue weighted by molar-refractivity contribution is 0.102. The molecule has 0 fully saturated rings. The average Bonchev–Trinajstić information content (AvgIpc) is 3.06. The predicted octanol–water partition coefficient (Wildman–Crippen LogP) is 4.81. The van der Waals surface area contributed by atoms with Crippen molar-refractivity contribution in [1.82, 2.24) is 9.78 Å². The first kappa shape index (κ1) is 17.5. The van der Waals surface area contributed by atoms with Crippen LogP contribution in [0.4, 0.5) is 5.69 Å². The lowest BCUT2D eigenvalue weighted by Crippen LogP contribution is -2.14. The normalized spacial score (nSPS) is 10.6. The van der Waals surface area contributed by atoms with E-state index >= 15 is 0 Å². The van der Waals surface area contributed by atoms with Crippen molar-refractivity contribution < 1.29 is 9.90 Å². The van der Waals surface area contributed by atoms with E-state index < -0.39 is 0 Å². The number of aromatic nitrogens is 2. The topological polar surface area (TPSA) is 67.2 Å². The third-order valence-electron chi connectivity index (χ3n) is 4.50. The number of nitrogens with one attached hydrogen (secondary N) is 1. The van der Waals surface area contributed by atoms with Crippen LogP contribution in [0.25, 0.3) is 16.9 Å². The number of aromatic hydroxyl groups is 1. The van der Waals surface area contributed by atoms with E-state index in [1.54, 1.807) is 22.9 Å². The number of benzene rings is 3. The molecule has 2 N–H and O–H groups in total. The van der Waals surface area contributed by atoms with Crippen molar-refractivity contribution in [2.24, 2.45) is 0 Å². The molecular formula is C23H19N3O2. The summed E-state index contributed by atoms with van der Waals surface area (Å²) in [5, 5.41) is 17.3. The predicted molar refractivity (Wildman–Crippen MR) is 110 cm³/mol. The number of anilines is 1.